The first kappa shape index (κ1) is 13.5. The standard InChI is InChI=1S/C16H20N2O/c1-10-6-11(2)14(12(3)7-10)9-16(19)15-8-13(4)17-18(15)5/h6-8H,9H2,1-5H3. The molecule has 0 amide bonds. The SMILES string of the molecule is Cc1cc(C)c(CC(=O)c2cc(C)nn2C)c(C)c1. The highest BCUT2D eigenvalue weighted by Crippen LogP contribution is 2.18. The van der Waals surface area contributed by atoms with E-state index in [0.29, 0.717) is 12.1 Å². The van der Waals surface area contributed by atoms with Gasteiger partial charge in [-0.1, -0.05) is 17.7 Å². The lowest BCUT2D eigenvalue weighted by molar-refractivity contribution is 0.0983. The first-order valence-corrected chi connectivity index (χ1v) is 6.49. The molecular formula is C16H20N2O. The van der Waals surface area contributed by atoms with Crippen molar-refractivity contribution in [3.63, 3.8) is 0 Å². The molecule has 0 aliphatic rings. The first-order chi connectivity index (χ1) is 8.88. The van der Waals surface area contributed by atoms with Gasteiger partial charge >= 0.3 is 0 Å². The molecule has 0 bridgehead atoms. The van der Waals surface area contributed by atoms with Crippen LogP contribution in [0, 0.1) is 27.7 Å². The van der Waals surface area contributed by atoms with Crippen LogP contribution in [0.3, 0.4) is 0 Å². The Labute approximate surface area is 114 Å². The molecule has 0 saturated carbocycles. The molecule has 0 N–H and O–H groups in total. The van der Waals surface area contributed by atoms with E-state index < -0.39 is 0 Å². The molecule has 19 heavy (non-hydrogen) atoms. The van der Waals surface area contributed by atoms with E-state index in [2.05, 4.69) is 38.0 Å². The fraction of sp³-hybridized carbons (Fsp3) is 0.375. The Kier molecular flexibility index (Phi) is 3.56. The molecule has 2 aromatic rings. The van der Waals surface area contributed by atoms with E-state index >= 15 is 0 Å². The van der Waals surface area contributed by atoms with Crippen molar-refractivity contribution in [3.05, 3.63) is 51.8 Å². The van der Waals surface area contributed by atoms with Crippen molar-refractivity contribution in [1.29, 1.82) is 0 Å². The van der Waals surface area contributed by atoms with Crippen LogP contribution in [0.25, 0.3) is 0 Å². The smallest absolute Gasteiger partial charge is 0.185 e. The van der Waals surface area contributed by atoms with Gasteiger partial charge in [-0.2, -0.15) is 5.10 Å². The van der Waals surface area contributed by atoms with Gasteiger partial charge < -0.3 is 0 Å². The Bertz CT molecular complexity index is 615. The summed E-state index contributed by atoms with van der Waals surface area (Å²) >= 11 is 0. The second-order valence-electron chi connectivity index (χ2n) is 5.27. The topological polar surface area (TPSA) is 34.9 Å². The molecule has 1 heterocycles. The van der Waals surface area contributed by atoms with Crippen molar-refractivity contribution in [2.75, 3.05) is 0 Å². The highest BCUT2D eigenvalue weighted by Gasteiger charge is 2.15. The van der Waals surface area contributed by atoms with Crippen LogP contribution in [-0.2, 0) is 13.5 Å². The molecule has 3 nitrogen and oxygen atoms in total. The van der Waals surface area contributed by atoms with Crippen LogP contribution in [-0.4, -0.2) is 15.6 Å². The quantitative estimate of drug-likeness (QED) is 0.791. The van der Waals surface area contributed by atoms with Gasteiger partial charge in [0, 0.05) is 13.5 Å². The fourth-order valence-corrected chi connectivity index (χ4v) is 2.61. The van der Waals surface area contributed by atoms with E-state index in [1.165, 1.54) is 16.7 Å². The Balaban J connectivity index is 2.32. The lowest BCUT2D eigenvalue weighted by Gasteiger charge is -2.10. The molecule has 2 rings (SSSR count). The molecular weight excluding hydrogens is 236 g/mol. The molecule has 0 aliphatic carbocycles. The second kappa shape index (κ2) is 5.00. The summed E-state index contributed by atoms with van der Waals surface area (Å²) < 4.78 is 1.66. The summed E-state index contributed by atoms with van der Waals surface area (Å²) in [6.45, 7) is 8.11. The third-order valence-electron chi connectivity index (χ3n) is 3.47. The molecule has 0 saturated heterocycles. The molecule has 0 atom stereocenters. The minimum Gasteiger partial charge on any atom is -0.292 e. The van der Waals surface area contributed by atoms with Crippen LogP contribution in [0.15, 0.2) is 18.2 Å². The average molecular weight is 256 g/mol. The third-order valence-corrected chi connectivity index (χ3v) is 3.47. The van der Waals surface area contributed by atoms with Crippen LogP contribution in [0.4, 0.5) is 0 Å². The monoisotopic (exact) mass is 256 g/mol. The number of aryl methyl sites for hydroxylation is 5. The molecule has 0 fully saturated rings. The maximum absolute atomic E-state index is 12.4. The number of hydrogen-bond acceptors (Lipinski definition) is 2. The highest BCUT2D eigenvalue weighted by molar-refractivity contribution is 5.96. The summed E-state index contributed by atoms with van der Waals surface area (Å²) in [4.78, 5) is 12.4. The zero-order chi connectivity index (χ0) is 14.2. The van der Waals surface area contributed by atoms with E-state index in [0.717, 1.165) is 11.3 Å². The Hall–Kier alpha value is -1.90. The van der Waals surface area contributed by atoms with Crippen molar-refractivity contribution < 1.29 is 4.79 Å². The molecule has 1 aromatic heterocycles. The number of benzene rings is 1. The molecule has 100 valence electrons. The molecule has 1 aromatic carbocycles. The van der Waals surface area contributed by atoms with E-state index in [9.17, 15) is 4.79 Å². The number of hydrogen-bond donors (Lipinski definition) is 0. The van der Waals surface area contributed by atoms with Gasteiger partial charge in [0.05, 0.1) is 5.69 Å². The Morgan fingerprint density at radius 2 is 1.68 bits per heavy atom. The molecule has 0 spiro atoms. The average Bonchev–Trinajstić information content (AvgIpc) is 2.62. The number of carbonyl (C=O) groups excluding carboxylic acids is 1. The lowest BCUT2D eigenvalue weighted by Crippen LogP contribution is -2.11. The van der Waals surface area contributed by atoms with Gasteiger partial charge in [0.25, 0.3) is 0 Å². The second-order valence-corrected chi connectivity index (χ2v) is 5.27. The highest BCUT2D eigenvalue weighted by atomic mass is 16.1. The number of nitrogens with zero attached hydrogens (tertiary/aromatic N) is 2. The largest absolute Gasteiger partial charge is 0.292 e. The van der Waals surface area contributed by atoms with Gasteiger partial charge in [-0.15, -0.1) is 0 Å². The normalized spacial score (nSPS) is 10.8. The summed E-state index contributed by atoms with van der Waals surface area (Å²) in [5.74, 6) is 0.123. The third kappa shape index (κ3) is 2.75. The first-order valence-electron chi connectivity index (χ1n) is 6.49. The van der Waals surface area contributed by atoms with Gasteiger partial charge in [0.15, 0.2) is 5.78 Å². The minimum atomic E-state index is 0.123. The summed E-state index contributed by atoms with van der Waals surface area (Å²) in [6.07, 6.45) is 0.441. The predicted molar refractivity (Wildman–Crippen MR) is 76.6 cm³/mol. The number of carbonyl (C=O) groups is 1. The van der Waals surface area contributed by atoms with E-state index in [4.69, 9.17) is 0 Å². The molecule has 0 aliphatic heterocycles. The number of ketones is 1. The summed E-state index contributed by atoms with van der Waals surface area (Å²) in [6, 6.07) is 6.11. The molecule has 3 heteroatoms. The number of aromatic nitrogens is 2. The van der Waals surface area contributed by atoms with Gasteiger partial charge in [0.1, 0.15) is 5.69 Å². The fourth-order valence-electron chi connectivity index (χ4n) is 2.61. The van der Waals surface area contributed by atoms with Crippen LogP contribution in [0.5, 0.6) is 0 Å². The van der Waals surface area contributed by atoms with Crippen LogP contribution < -0.4 is 0 Å². The number of rotatable bonds is 3. The van der Waals surface area contributed by atoms with E-state index in [1.54, 1.807) is 4.68 Å². The zero-order valence-corrected chi connectivity index (χ0v) is 12.2. The van der Waals surface area contributed by atoms with Crippen molar-refractivity contribution in [2.45, 2.75) is 34.1 Å². The summed E-state index contributed by atoms with van der Waals surface area (Å²) in [7, 11) is 1.81. The van der Waals surface area contributed by atoms with Crippen molar-refractivity contribution in [2.24, 2.45) is 7.05 Å². The van der Waals surface area contributed by atoms with Gasteiger partial charge in [-0.25, -0.2) is 0 Å². The van der Waals surface area contributed by atoms with Crippen molar-refractivity contribution in [3.8, 4) is 0 Å². The molecule has 0 radical (unpaired) electrons. The van der Waals surface area contributed by atoms with Crippen molar-refractivity contribution in [1.82, 2.24) is 9.78 Å². The molecule has 0 unspecified atom stereocenters. The summed E-state index contributed by atoms with van der Waals surface area (Å²) in [5, 5.41) is 4.23. The Morgan fingerprint density at radius 3 is 2.16 bits per heavy atom. The van der Waals surface area contributed by atoms with Crippen LogP contribution in [0.2, 0.25) is 0 Å². The van der Waals surface area contributed by atoms with Gasteiger partial charge in [-0.05, 0) is 50.5 Å². The van der Waals surface area contributed by atoms with E-state index in [-0.39, 0.29) is 5.78 Å². The van der Waals surface area contributed by atoms with Crippen LogP contribution in [0.1, 0.15) is 38.4 Å². The Morgan fingerprint density at radius 1 is 1.11 bits per heavy atom. The van der Waals surface area contributed by atoms with Gasteiger partial charge in [-0.3, -0.25) is 9.48 Å². The van der Waals surface area contributed by atoms with Crippen LogP contribution >= 0.6 is 0 Å². The minimum absolute atomic E-state index is 0.123. The lowest BCUT2D eigenvalue weighted by atomic mass is 9.95. The maximum Gasteiger partial charge on any atom is 0.185 e. The van der Waals surface area contributed by atoms with Crippen molar-refractivity contribution >= 4 is 5.78 Å². The maximum atomic E-state index is 12.4. The van der Waals surface area contributed by atoms with Gasteiger partial charge in [0.2, 0.25) is 0 Å². The summed E-state index contributed by atoms with van der Waals surface area (Å²) in [5.41, 5.74) is 6.30. The number of Topliss-reactive ketones (excluding diaryl/α,β-unsaturated/α-hetero) is 1. The predicted octanol–water partition coefficient (Wildman–Crippen LogP) is 3.08. The zero-order valence-electron chi connectivity index (χ0n) is 12.2. The van der Waals surface area contributed by atoms with E-state index in [1.807, 2.05) is 20.0 Å².